The average Bonchev–Trinajstić information content (AvgIpc) is 3.14. The Balaban J connectivity index is 1.70. The third-order valence-corrected chi connectivity index (χ3v) is 5.09. The molecule has 0 aliphatic heterocycles. The van der Waals surface area contributed by atoms with Crippen molar-refractivity contribution < 1.29 is 0 Å². The zero-order valence-electron chi connectivity index (χ0n) is 10.6. The Bertz CT molecular complexity index is 580. The van der Waals surface area contributed by atoms with Gasteiger partial charge in [0.25, 0.3) is 0 Å². The monoisotopic (exact) mass is 338 g/mol. The highest BCUT2D eigenvalue weighted by atomic mass is 79.9. The van der Waals surface area contributed by atoms with E-state index in [0.717, 1.165) is 27.1 Å². The summed E-state index contributed by atoms with van der Waals surface area (Å²) in [4.78, 5) is 5.38. The topological polar surface area (TPSA) is 42.7 Å². The Hall–Kier alpha value is -0.850. The SMILES string of the molecule is Cn1ncnc1Sc1ccc(CNC2CC2)cc1Br. The van der Waals surface area contributed by atoms with E-state index in [-0.39, 0.29) is 0 Å². The molecule has 0 radical (unpaired) electrons. The molecule has 1 aliphatic carbocycles. The van der Waals surface area contributed by atoms with Gasteiger partial charge in [-0.3, -0.25) is 0 Å². The highest BCUT2D eigenvalue weighted by molar-refractivity contribution is 9.10. The van der Waals surface area contributed by atoms with E-state index in [0.29, 0.717) is 0 Å². The Morgan fingerprint density at radius 3 is 2.95 bits per heavy atom. The minimum absolute atomic E-state index is 0.742. The Morgan fingerprint density at radius 2 is 2.32 bits per heavy atom. The van der Waals surface area contributed by atoms with E-state index in [1.165, 1.54) is 18.4 Å². The maximum Gasteiger partial charge on any atom is 0.190 e. The van der Waals surface area contributed by atoms with Crippen LogP contribution in [-0.2, 0) is 13.6 Å². The first kappa shape index (κ1) is 13.1. The van der Waals surface area contributed by atoms with E-state index >= 15 is 0 Å². The van der Waals surface area contributed by atoms with Crippen molar-refractivity contribution in [1.82, 2.24) is 20.1 Å². The van der Waals surface area contributed by atoms with E-state index in [2.05, 4.69) is 49.5 Å². The summed E-state index contributed by atoms with van der Waals surface area (Å²) in [6.07, 6.45) is 4.21. The van der Waals surface area contributed by atoms with Crippen LogP contribution in [0.2, 0.25) is 0 Å². The van der Waals surface area contributed by atoms with Gasteiger partial charge in [0.1, 0.15) is 6.33 Å². The van der Waals surface area contributed by atoms with E-state index in [1.54, 1.807) is 22.8 Å². The number of nitrogens with zero attached hydrogens (tertiary/aromatic N) is 3. The first-order valence-electron chi connectivity index (χ1n) is 6.26. The lowest BCUT2D eigenvalue weighted by Gasteiger charge is -2.07. The van der Waals surface area contributed by atoms with Crippen LogP contribution < -0.4 is 5.32 Å². The molecule has 0 amide bonds. The second-order valence-electron chi connectivity index (χ2n) is 4.69. The normalized spacial score (nSPS) is 14.8. The van der Waals surface area contributed by atoms with Crippen molar-refractivity contribution >= 4 is 27.7 Å². The largest absolute Gasteiger partial charge is 0.310 e. The van der Waals surface area contributed by atoms with Gasteiger partial charge in [0.15, 0.2) is 5.16 Å². The molecule has 0 spiro atoms. The molecule has 3 rings (SSSR count). The van der Waals surface area contributed by atoms with Crippen molar-refractivity contribution in [2.24, 2.45) is 7.05 Å². The molecule has 4 nitrogen and oxygen atoms in total. The molecule has 19 heavy (non-hydrogen) atoms. The zero-order chi connectivity index (χ0) is 13.2. The summed E-state index contributed by atoms with van der Waals surface area (Å²) in [5.74, 6) is 0. The van der Waals surface area contributed by atoms with Gasteiger partial charge in [-0.05, 0) is 58.2 Å². The van der Waals surface area contributed by atoms with Gasteiger partial charge < -0.3 is 5.32 Å². The quantitative estimate of drug-likeness (QED) is 0.910. The molecule has 1 aliphatic rings. The van der Waals surface area contributed by atoms with Crippen molar-refractivity contribution in [2.75, 3.05) is 0 Å². The van der Waals surface area contributed by atoms with Gasteiger partial charge in [-0.2, -0.15) is 5.10 Å². The summed E-state index contributed by atoms with van der Waals surface area (Å²) >= 11 is 5.25. The molecule has 100 valence electrons. The predicted octanol–water partition coefficient (Wildman–Crippen LogP) is 2.98. The number of halogens is 1. The second kappa shape index (κ2) is 5.64. The van der Waals surface area contributed by atoms with Crippen LogP contribution in [0, 0.1) is 0 Å². The maximum atomic E-state index is 4.22. The van der Waals surface area contributed by atoms with Crippen molar-refractivity contribution in [3.05, 3.63) is 34.6 Å². The van der Waals surface area contributed by atoms with E-state index < -0.39 is 0 Å². The summed E-state index contributed by atoms with van der Waals surface area (Å²) in [5.41, 5.74) is 1.31. The van der Waals surface area contributed by atoms with Crippen LogP contribution in [0.25, 0.3) is 0 Å². The molecule has 1 saturated carbocycles. The molecular weight excluding hydrogens is 324 g/mol. The van der Waals surface area contributed by atoms with Gasteiger partial charge in [0.2, 0.25) is 0 Å². The highest BCUT2D eigenvalue weighted by Gasteiger charge is 2.20. The highest BCUT2D eigenvalue weighted by Crippen LogP contribution is 2.32. The summed E-state index contributed by atoms with van der Waals surface area (Å²) in [7, 11) is 1.90. The Labute approximate surface area is 125 Å². The molecule has 0 atom stereocenters. The number of rotatable bonds is 5. The fourth-order valence-corrected chi connectivity index (χ4v) is 3.20. The number of nitrogens with one attached hydrogen (secondary N) is 1. The molecule has 6 heteroatoms. The molecule has 1 heterocycles. The Kier molecular flexibility index (Phi) is 3.91. The van der Waals surface area contributed by atoms with Crippen LogP contribution in [0.5, 0.6) is 0 Å². The first-order valence-corrected chi connectivity index (χ1v) is 7.87. The van der Waals surface area contributed by atoms with Crippen LogP contribution >= 0.6 is 27.7 Å². The zero-order valence-corrected chi connectivity index (χ0v) is 13.0. The van der Waals surface area contributed by atoms with Crippen molar-refractivity contribution in [1.29, 1.82) is 0 Å². The van der Waals surface area contributed by atoms with E-state index in [1.807, 2.05) is 7.05 Å². The van der Waals surface area contributed by atoms with Gasteiger partial charge in [-0.1, -0.05) is 6.07 Å². The molecule has 1 N–H and O–H groups in total. The number of hydrogen-bond acceptors (Lipinski definition) is 4. The summed E-state index contributed by atoms with van der Waals surface area (Å²) in [5, 5.41) is 8.49. The second-order valence-corrected chi connectivity index (χ2v) is 6.55. The molecule has 0 unspecified atom stereocenters. The number of aryl methyl sites for hydroxylation is 1. The lowest BCUT2D eigenvalue weighted by atomic mass is 10.2. The van der Waals surface area contributed by atoms with Gasteiger partial charge in [0, 0.05) is 29.0 Å². The summed E-state index contributed by atoms with van der Waals surface area (Å²) in [6, 6.07) is 7.21. The molecular formula is C13H15BrN4S. The lowest BCUT2D eigenvalue weighted by molar-refractivity contribution is 0.684. The number of benzene rings is 1. The standard InChI is InChI=1S/C13H15BrN4S/c1-18-13(16-8-17-18)19-12-5-2-9(6-11(12)14)7-15-10-3-4-10/h2,5-6,8,10,15H,3-4,7H2,1H3. The molecule has 1 fully saturated rings. The first-order chi connectivity index (χ1) is 9.22. The maximum absolute atomic E-state index is 4.22. The molecule has 1 aromatic carbocycles. The molecule has 2 aromatic rings. The van der Waals surface area contributed by atoms with Crippen LogP contribution in [-0.4, -0.2) is 20.8 Å². The number of hydrogen-bond donors (Lipinski definition) is 1. The molecule has 0 saturated heterocycles. The van der Waals surface area contributed by atoms with Gasteiger partial charge in [-0.25, -0.2) is 9.67 Å². The van der Waals surface area contributed by atoms with Crippen molar-refractivity contribution in [2.45, 2.75) is 35.5 Å². The Morgan fingerprint density at radius 1 is 1.47 bits per heavy atom. The third kappa shape index (κ3) is 3.38. The van der Waals surface area contributed by atoms with Crippen LogP contribution in [0.1, 0.15) is 18.4 Å². The van der Waals surface area contributed by atoms with Crippen molar-refractivity contribution in [3.63, 3.8) is 0 Å². The molecule has 0 bridgehead atoms. The van der Waals surface area contributed by atoms with Gasteiger partial charge in [-0.15, -0.1) is 0 Å². The average molecular weight is 339 g/mol. The van der Waals surface area contributed by atoms with E-state index in [4.69, 9.17) is 0 Å². The van der Waals surface area contributed by atoms with Crippen molar-refractivity contribution in [3.8, 4) is 0 Å². The smallest absolute Gasteiger partial charge is 0.190 e. The summed E-state index contributed by atoms with van der Waals surface area (Å²) in [6.45, 7) is 0.943. The van der Waals surface area contributed by atoms with Crippen LogP contribution in [0.3, 0.4) is 0 Å². The minimum atomic E-state index is 0.742. The summed E-state index contributed by atoms with van der Waals surface area (Å²) < 4.78 is 2.88. The fraction of sp³-hybridized carbons (Fsp3) is 0.385. The lowest BCUT2D eigenvalue weighted by Crippen LogP contribution is -2.15. The van der Waals surface area contributed by atoms with Crippen LogP contribution in [0.4, 0.5) is 0 Å². The van der Waals surface area contributed by atoms with E-state index in [9.17, 15) is 0 Å². The minimum Gasteiger partial charge on any atom is -0.310 e. The fourth-order valence-electron chi connectivity index (χ4n) is 1.76. The number of aromatic nitrogens is 3. The van der Waals surface area contributed by atoms with Gasteiger partial charge >= 0.3 is 0 Å². The van der Waals surface area contributed by atoms with Crippen LogP contribution in [0.15, 0.2) is 39.1 Å². The van der Waals surface area contributed by atoms with Gasteiger partial charge in [0.05, 0.1) is 0 Å². The molecule has 1 aromatic heterocycles. The predicted molar refractivity (Wildman–Crippen MR) is 79.1 cm³/mol. The third-order valence-electron chi connectivity index (χ3n) is 3.04.